The van der Waals surface area contributed by atoms with Gasteiger partial charge in [-0.2, -0.15) is 0 Å². The summed E-state index contributed by atoms with van der Waals surface area (Å²) in [5.41, 5.74) is 5.01. The maximum Gasteiger partial charge on any atom is 0.290 e. The molecule has 1 unspecified atom stereocenters. The number of hydrogen-bond donors (Lipinski definition) is 0. The Hall–Kier alpha value is -2.88. The fraction of sp³-hybridized carbons (Fsp3) is 0.273. The summed E-state index contributed by atoms with van der Waals surface area (Å²) in [7, 11) is 1.72. The highest BCUT2D eigenvalue weighted by Gasteiger charge is 2.40. The van der Waals surface area contributed by atoms with Gasteiger partial charge in [0.1, 0.15) is 5.58 Å². The second-order valence-electron chi connectivity index (χ2n) is 7.02. The minimum atomic E-state index is -0.411. The lowest BCUT2D eigenvalue weighted by Crippen LogP contribution is -2.25. The van der Waals surface area contributed by atoms with Gasteiger partial charge in [-0.05, 0) is 54.7 Å². The molecule has 132 valence electrons. The zero-order valence-electron chi connectivity index (χ0n) is 15.4. The van der Waals surface area contributed by atoms with E-state index in [4.69, 9.17) is 4.42 Å². The first-order valence-corrected chi connectivity index (χ1v) is 8.86. The number of benzene rings is 2. The third-order valence-electron chi connectivity index (χ3n) is 5.42. The van der Waals surface area contributed by atoms with Gasteiger partial charge in [-0.1, -0.05) is 31.2 Å². The molecule has 0 fully saturated rings. The van der Waals surface area contributed by atoms with Gasteiger partial charge in [-0.25, -0.2) is 0 Å². The van der Waals surface area contributed by atoms with E-state index in [0.717, 1.165) is 23.1 Å². The molecule has 1 amide bonds. The van der Waals surface area contributed by atoms with Gasteiger partial charge < -0.3 is 9.32 Å². The zero-order chi connectivity index (χ0) is 18.6. The SMILES string of the molecule is CCc1ccc(C2c3c(oc4cc(C)c(C)cc4c3=O)C(=O)N2C)cc1. The Bertz CT molecular complexity index is 1090. The van der Waals surface area contributed by atoms with E-state index >= 15 is 0 Å². The van der Waals surface area contributed by atoms with Crippen molar-refractivity contribution in [3.05, 3.63) is 80.2 Å². The number of aryl methyl sites for hydroxylation is 3. The Labute approximate surface area is 152 Å². The topological polar surface area (TPSA) is 50.5 Å². The molecule has 1 aliphatic rings. The van der Waals surface area contributed by atoms with Crippen LogP contribution in [0.4, 0.5) is 0 Å². The normalized spacial score (nSPS) is 16.4. The number of hydrogen-bond acceptors (Lipinski definition) is 3. The fourth-order valence-corrected chi connectivity index (χ4v) is 3.67. The monoisotopic (exact) mass is 347 g/mol. The van der Waals surface area contributed by atoms with Crippen molar-refractivity contribution in [2.24, 2.45) is 0 Å². The van der Waals surface area contributed by atoms with Gasteiger partial charge in [-0.3, -0.25) is 9.59 Å². The molecule has 2 aromatic carbocycles. The minimum absolute atomic E-state index is 0.119. The van der Waals surface area contributed by atoms with Crippen LogP contribution in [0.15, 0.2) is 45.6 Å². The quantitative estimate of drug-likeness (QED) is 0.700. The van der Waals surface area contributed by atoms with E-state index in [1.165, 1.54) is 5.56 Å². The highest BCUT2D eigenvalue weighted by atomic mass is 16.3. The van der Waals surface area contributed by atoms with E-state index in [-0.39, 0.29) is 17.1 Å². The summed E-state index contributed by atoms with van der Waals surface area (Å²) >= 11 is 0. The highest BCUT2D eigenvalue weighted by Crippen LogP contribution is 2.37. The first kappa shape index (κ1) is 16.6. The van der Waals surface area contributed by atoms with E-state index in [2.05, 4.69) is 6.92 Å². The molecule has 0 bridgehead atoms. The van der Waals surface area contributed by atoms with E-state index in [1.54, 1.807) is 11.9 Å². The number of rotatable bonds is 2. The van der Waals surface area contributed by atoms with Gasteiger partial charge in [0.2, 0.25) is 5.76 Å². The fourth-order valence-electron chi connectivity index (χ4n) is 3.67. The lowest BCUT2D eigenvalue weighted by atomic mass is 9.96. The lowest BCUT2D eigenvalue weighted by molar-refractivity contribution is 0.0771. The maximum atomic E-state index is 13.2. The van der Waals surface area contributed by atoms with Gasteiger partial charge in [0.25, 0.3) is 5.91 Å². The van der Waals surface area contributed by atoms with Crippen LogP contribution in [0, 0.1) is 13.8 Å². The van der Waals surface area contributed by atoms with E-state index in [0.29, 0.717) is 16.5 Å². The van der Waals surface area contributed by atoms with Gasteiger partial charge in [0.05, 0.1) is 17.0 Å². The molecule has 0 spiro atoms. The minimum Gasteiger partial charge on any atom is -0.450 e. The first-order valence-electron chi connectivity index (χ1n) is 8.86. The van der Waals surface area contributed by atoms with Crippen molar-refractivity contribution in [1.82, 2.24) is 4.90 Å². The van der Waals surface area contributed by atoms with Gasteiger partial charge >= 0.3 is 0 Å². The molecule has 4 nitrogen and oxygen atoms in total. The molecule has 0 saturated heterocycles. The van der Waals surface area contributed by atoms with Crippen LogP contribution >= 0.6 is 0 Å². The molecule has 1 atom stereocenters. The second kappa shape index (κ2) is 5.84. The summed E-state index contributed by atoms with van der Waals surface area (Å²) in [6.45, 7) is 6.04. The molecular formula is C22H21NO3. The number of carbonyl (C=O) groups excluding carboxylic acids is 1. The van der Waals surface area contributed by atoms with Crippen LogP contribution in [0.3, 0.4) is 0 Å². The molecule has 0 saturated carbocycles. The Morgan fingerprint density at radius 2 is 1.69 bits per heavy atom. The van der Waals surface area contributed by atoms with Crippen LogP contribution < -0.4 is 5.43 Å². The van der Waals surface area contributed by atoms with Crippen LogP contribution in [0.1, 0.15) is 51.3 Å². The highest BCUT2D eigenvalue weighted by molar-refractivity contribution is 5.99. The number of fused-ring (bicyclic) bond motifs is 2. The van der Waals surface area contributed by atoms with Crippen LogP contribution in [0.5, 0.6) is 0 Å². The smallest absolute Gasteiger partial charge is 0.290 e. The molecule has 1 aromatic heterocycles. The summed E-state index contributed by atoms with van der Waals surface area (Å²) in [6, 6.07) is 11.4. The van der Waals surface area contributed by atoms with Crippen molar-refractivity contribution in [2.45, 2.75) is 33.2 Å². The maximum absolute atomic E-state index is 13.2. The molecule has 1 aliphatic heterocycles. The number of amides is 1. The molecule has 26 heavy (non-hydrogen) atoms. The Kier molecular flexibility index (Phi) is 3.72. The molecule has 4 heteroatoms. The van der Waals surface area contributed by atoms with Crippen molar-refractivity contribution < 1.29 is 9.21 Å². The summed E-state index contributed by atoms with van der Waals surface area (Å²) in [5.74, 6) is -0.0837. The summed E-state index contributed by atoms with van der Waals surface area (Å²) < 4.78 is 5.91. The predicted molar refractivity (Wildman–Crippen MR) is 102 cm³/mol. The predicted octanol–water partition coefficient (Wildman–Crippen LogP) is 4.15. The van der Waals surface area contributed by atoms with Gasteiger partial charge in [0, 0.05) is 7.05 Å². The number of carbonyl (C=O) groups is 1. The second-order valence-corrected chi connectivity index (χ2v) is 7.02. The molecule has 0 N–H and O–H groups in total. The van der Waals surface area contributed by atoms with Crippen molar-refractivity contribution in [1.29, 1.82) is 0 Å². The van der Waals surface area contributed by atoms with E-state index in [1.807, 2.05) is 50.2 Å². The van der Waals surface area contributed by atoms with Gasteiger partial charge in [-0.15, -0.1) is 0 Å². The largest absolute Gasteiger partial charge is 0.450 e. The van der Waals surface area contributed by atoms with Crippen LogP contribution in [0.25, 0.3) is 11.0 Å². The summed E-state index contributed by atoms with van der Waals surface area (Å²) in [6.07, 6.45) is 0.946. The average Bonchev–Trinajstić information content (AvgIpc) is 2.89. The zero-order valence-corrected chi connectivity index (χ0v) is 15.4. The first-order chi connectivity index (χ1) is 12.4. The van der Waals surface area contributed by atoms with E-state index < -0.39 is 6.04 Å². The molecule has 2 heterocycles. The Morgan fingerprint density at radius 1 is 1.04 bits per heavy atom. The number of nitrogens with zero attached hydrogens (tertiary/aromatic N) is 1. The third kappa shape index (κ3) is 2.29. The third-order valence-corrected chi connectivity index (χ3v) is 5.42. The molecular weight excluding hydrogens is 326 g/mol. The molecule has 0 aliphatic carbocycles. The van der Waals surface area contributed by atoms with Crippen molar-refractivity contribution in [2.75, 3.05) is 7.05 Å². The van der Waals surface area contributed by atoms with Crippen LogP contribution in [-0.4, -0.2) is 17.9 Å². The summed E-state index contributed by atoms with van der Waals surface area (Å²) in [4.78, 5) is 27.6. The van der Waals surface area contributed by atoms with Crippen LogP contribution in [-0.2, 0) is 6.42 Å². The van der Waals surface area contributed by atoms with Gasteiger partial charge in [0.15, 0.2) is 5.43 Å². The standard InChI is InChI=1S/C22H21NO3/c1-5-14-6-8-15(9-7-14)19-18-20(24)16-10-12(2)13(3)11-17(16)26-21(18)22(25)23(19)4/h6-11,19H,5H2,1-4H3. The molecule has 4 rings (SSSR count). The summed E-state index contributed by atoms with van der Waals surface area (Å²) in [5, 5.41) is 0.533. The van der Waals surface area contributed by atoms with Crippen molar-refractivity contribution in [3.63, 3.8) is 0 Å². The lowest BCUT2D eigenvalue weighted by Gasteiger charge is -2.20. The van der Waals surface area contributed by atoms with Crippen LogP contribution in [0.2, 0.25) is 0 Å². The molecule has 0 radical (unpaired) electrons. The average molecular weight is 347 g/mol. The van der Waals surface area contributed by atoms with Crippen molar-refractivity contribution in [3.8, 4) is 0 Å². The Balaban J connectivity index is 1.98. The van der Waals surface area contributed by atoms with Crippen molar-refractivity contribution >= 4 is 16.9 Å². The van der Waals surface area contributed by atoms with E-state index in [9.17, 15) is 9.59 Å². The molecule has 3 aromatic rings. The Morgan fingerprint density at radius 3 is 2.35 bits per heavy atom.